The molecule has 0 fully saturated rings. The van der Waals surface area contributed by atoms with E-state index >= 15 is 0 Å². The molecule has 1 heterocycles. The van der Waals surface area contributed by atoms with Gasteiger partial charge in [0.15, 0.2) is 0 Å². The zero-order valence-electron chi connectivity index (χ0n) is 14.2. The highest BCUT2D eigenvalue weighted by Gasteiger charge is 2.07. The molecular weight excluding hydrogens is 338 g/mol. The molecule has 0 amide bonds. The molecule has 0 aliphatic heterocycles. The van der Waals surface area contributed by atoms with Crippen LogP contribution in [0.3, 0.4) is 0 Å². The molecule has 3 aromatic rings. The van der Waals surface area contributed by atoms with Crippen LogP contribution in [0.2, 0.25) is 0 Å². The Kier molecular flexibility index (Phi) is 5.41. The van der Waals surface area contributed by atoms with Gasteiger partial charge in [-0.2, -0.15) is 13.9 Å². The van der Waals surface area contributed by atoms with Crippen molar-refractivity contribution in [1.29, 1.82) is 0 Å². The van der Waals surface area contributed by atoms with Crippen LogP contribution >= 0.6 is 0 Å². The Morgan fingerprint density at radius 2 is 1.69 bits per heavy atom. The zero-order valence-corrected chi connectivity index (χ0v) is 14.2. The minimum atomic E-state index is -2.86. The van der Waals surface area contributed by atoms with Gasteiger partial charge in [0.25, 0.3) is 5.56 Å². The summed E-state index contributed by atoms with van der Waals surface area (Å²) in [4.78, 5) is 12.1. The highest BCUT2D eigenvalue weighted by molar-refractivity contribution is 5.59. The van der Waals surface area contributed by atoms with E-state index in [-0.39, 0.29) is 11.3 Å². The molecule has 0 radical (unpaired) electrons. The monoisotopic (exact) mass is 356 g/mol. The topological polar surface area (TPSA) is 44.1 Å². The Hall–Kier alpha value is -3.02. The molecule has 3 rings (SSSR count). The Balaban J connectivity index is 1.76. The van der Waals surface area contributed by atoms with Gasteiger partial charge in [-0.05, 0) is 49.2 Å². The van der Waals surface area contributed by atoms with Crippen molar-refractivity contribution in [1.82, 2.24) is 9.78 Å². The second-order valence-electron chi connectivity index (χ2n) is 5.92. The lowest BCUT2D eigenvalue weighted by molar-refractivity contribution is -0.0498. The Morgan fingerprint density at radius 1 is 1.00 bits per heavy atom. The van der Waals surface area contributed by atoms with Gasteiger partial charge in [-0.1, -0.05) is 29.8 Å². The number of halogens is 2. The quantitative estimate of drug-likeness (QED) is 0.669. The number of aromatic nitrogens is 2. The van der Waals surface area contributed by atoms with Gasteiger partial charge in [0.1, 0.15) is 5.75 Å². The van der Waals surface area contributed by atoms with Gasteiger partial charge in [-0.25, -0.2) is 4.68 Å². The van der Waals surface area contributed by atoms with Gasteiger partial charge in [-0.15, -0.1) is 0 Å². The van der Waals surface area contributed by atoms with E-state index in [2.05, 4.69) is 9.84 Å². The molecule has 26 heavy (non-hydrogen) atoms. The third-order valence-corrected chi connectivity index (χ3v) is 3.97. The third-order valence-electron chi connectivity index (χ3n) is 3.97. The fourth-order valence-electron chi connectivity index (χ4n) is 2.56. The Bertz CT molecular complexity index is 920. The molecule has 2 aromatic carbocycles. The standard InChI is InChI=1S/C20H18F2N2O2/c1-14-2-4-15(5-3-14)12-13-24-19(25)11-10-18(23-24)16-6-8-17(9-7-16)26-20(21)22/h2-11,20H,12-13H2,1H3. The molecule has 0 unspecified atom stereocenters. The van der Waals surface area contributed by atoms with Gasteiger partial charge in [0.2, 0.25) is 0 Å². The van der Waals surface area contributed by atoms with Crippen LogP contribution in [0.15, 0.2) is 65.5 Å². The van der Waals surface area contributed by atoms with Gasteiger partial charge >= 0.3 is 6.61 Å². The summed E-state index contributed by atoms with van der Waals surface area (Å²) in [5, 5.41) is 4.38. The van der Waals surface area contributed by atoms with E-state index in [1.807, 2.05) is 31.2 Å². The highest BCUT2D eigenvalue weighted by atomic mass is 19.3. The van der Waals surface area contributed by atoms with Crippen LogP contribution in [0, 0.1) is 6.92 Å². The molecule has 0 bridgehead atoms. The normalized spacial score (nSPS) is 10.9. The number of hydrogen-bond acceptors (Lipinski definition) is 3. The summed E-state index contributed by atoms with van der Waals surface area (Å²) in [5.41, 5.74) is 3.44. The van der Waals surface area contributed by atoms with Crippen LogP contribution in [0.5, 0.6) is 5.75 Å². The maximum Gasteiger partial charge on any atom is 0.387 e. The Labute approximate surface area is 149 Å². The lowest BCUT2D eigenvalue weighted by Gasteiger charge is -2.09. The molecule has 0 spiro atoms. The van der Waals surface area contributed by atoms with Gasteiger partial charge in [0.05, 0.1) is 5.69 Å². The number of alkyl halides is 2. The zero-order chi connectivity index (χ0) is 18.5. The minimum absolute atomic E-state index is 0.0800. The minimum Gasteiger partial charge on any atom is -0.435 e. The largest absolute Gasteiger partial charge is 0.435 e. The first-order valence-electron chi connectivity index (χ1n) is 8.20. The molecule has 0 atom stereocenters. The fourth-order valence-corrected chi connectivity index (χ4v) is 2.56. The highest BCUT2D eigenvalue weighted by Crippen LogP contribution is 2.21. The lowest BCUT2D eigenvalue weighted by Crippen LogP contribution is -2.23. The van der Waals surface area contributed by atoms with E-state index in [4.69, 9.17) is 0 Å². The lowest BCUT2D eigenvalue weighted by atomic mass is 10.1. The van der Waals surface area contributed by atoms with Crippen molar-refractivity contribution in [3.8, 4) is 17.0 Å². The van der Waals surface area contributed by atoms with Crippen molar-refractivity contribution in [2.45, 2.75) is 26.5 Å². The van der Waals surface area contributed by atoms with Crippen LogP contribution in [0.4, 0.5) is 8.78 Å². The first-order valence-corrected chi connectivity index (χ1v) is 8.20. The third kappa shape index (κ3) is 4.53. The molecular formula is C20H18F2N2O2. The maximum absolute atomic E-state index is 12.2. The molecule has 0 saturated carbocycles. The van der Waals surface area contributed by atoms with Crippen molar-refractivity contribution < 1.29 is 13.5 Å². The van der Waals surface area contributed by atoms with Crippen molar-refractivity contribution in [2.24, 2.45) is 0 Å². The van der Waals surface area contributed by atoms with E-state index < -0.39 is 6.61 Å². The summed E-state index contributed by atoms with van der Waals surface area (Å²) < 4.78 is 30.2. The van der Waals surface area contributed by atoms with Gasteiger partial charge < -0.3 is 4.74 Å². The van der Waals surface area contributed by atoms with E-state index in [0.717, 1.165) is 11.1 Å². The van der Waals surface area contributed by atoms with Crippen molar-refractivity contribution in [3.05, 3.63) is 82.1 Å². The van der Waals surface area contributed by atoms with E-state index in [0.29, 0.717) is 18.7 Å². The first kappa shape index (κ1) is 17.8. The van der Waals surface area contributed by atoms with Gasteiger partial charge in [-0.3, -0.25) is 4.79 Å². The molecule has 0 saturated heterocycles. The number of ether oxygens (including phenoxy) is 1. The molecule has 134 valence electrons. The van der Waals surface area contributed by atoms with Crippen LogP contribution < -0.4 is 10.3 Å². The SMILES string of the molecule is Cc1ccc(CCn2nc(-c3ccc(OC(F)F)cc3)ccc2=O)cc1. The van der Waals surface area contributed by atoms with E-state index in [1.54, 1.807) is 18.2 Å². The average molecular weight is 356 g/mol. The smallest absolute Gasteiger partial charge is 0.387 e. The van der Waals surface area contributed by atoms with E-state index in [9.17, 15) is 13.6 Å². The van der Waals surface area contributed by atoms with Crippen molar-refractivity contribution in [2.75, 3.05) is 0 Å². The molecule has 4 nitrogen and oxygen atoms in total. The average Bonchev–Trinajstić information content (AvgIpc) is 2.63. The second-order valence-corrected chi connectivity index (χ2v) is 5.92. The van der Waals surface area contributed by atoms with Gasteiger partial charge in [0, 0.05) is 18.2 Å². The van der Waals surface area contributed by atoms with Crippen LogP contribution in [0.1, 0.15) is 11.1 Å². The maximum atomic E-state index is 12.2. The van der Waals surface area contributed by atoms with Crippen molar-refractivity contribution in [3.63, 3.8) is 0 Å². The second kappa shape index (κ2) is 7.91. The number of hydrogen-bond donors (Lipinski definition) is 0. The first-order chi connectivity index (χ1) is 12.5. The van der Waals surface area contributed by atoms with Crippen molar-refractivity contribution >= 4 is 0 Å². The molecule has 1 aromatic heterocycles. The number of nitrogens with zero attached hydrogens (tertiary/aromatic N) is 2. The summed E-state index contributed by atoms with van der Waals surface area (Å²) in [5.74, 6) is 0.0800. The molecule has 6 heteroatoms. The fraction of sp³-hybridized carbons (Fsp3) is 0.200. The summed E-state index contributed by atoms with van der Waals surface area (Å²) in [6.07, 6.45) is 0.692. The number of benzene rings is 2. The molecule has 0 aliphatic rings. The Morgan fingerprint density at radius 3 is 2.35 bits per heavy atom. The van der Waals surface area contributed by atoms with Crippen LogP contribution in [-0.4, -0.2) is 16.4 Å². The predicted molar refractivity (Wildman–Crippen MR) is 95.4 cm³/mol. The predicted octanol–water partition coefficient (Wildman–Crippen LogP) is 4.06. The molecule has 0 N–H and O–H groups in total. The summed E-state index contributed by atoms with van der Waals surface area (Å²) in [6.45, 7) is -0.373. The van der Waals surface area contributed by atoms with Crippen LogP contribution in [0.25, 0.3) is 11.3 Å². The van der Waals surface area contributed by atoms with Crippen LogP contribution in [-0.2, 0) is 13.0 Å². The summed E-state index contributed by atoms with van der Waals surface area (Å²) >= 11 is 0. The number of rotatable bonds is 6. The van der Waals surface area contributed by atoms with E-state index in [1.165, 1.54) is 28.4 Å². The summed E-state index contributed by atoms with van der Waals surface area (Å²) in [6, 6.07) is 17.4. The summed E-state index contributed by atoms with van der Waals surface area (Å²) in [7, 11) is 0. The molecule has 0 aliphatic carbocycles. The number of aryl methyl sites for hydroxylation is 3.